The Bertz CT molecular complexity index is 1520. The van der Waals surface area contributed by atoms with Gasteiger partial charge in [-0.25, -0.2) is 0 Å². The molecule has 0 saturated heterocycles. The van der Waals surface area contributed by atoms with Crippen LogP contribution in [0.1, 0.15) is 52.7 Å². The molecule has 0 radical (unpaired) electrons. The van der Waals surface area contributed by atoms with E-state index >= 15 is 0 Å². The zero-order chi connectivity index (χ0) is 26.9. The van der Waals surface area contributed by atoms with E-state index < -0.39 is 16.1 Å². The van der Waals surface area contributed by atoms with E-state index in [2.05, 4.69) is 111 Å². The third-order valence-electron chi connectivity index (χ3n) is 9.23. The van der Waals surface area contributed by atoms with E-state index in [4.69, 9.17) is 0 Å². The fourth-order valence-electron chi connectivity index (χ4n) is 5.83. The van der Waals surface area contributed by atoms with Gasteiger partial charge in [-0.1, -0.05) is 0 Å². The number of hydrogen-bond donors (Lipinski definition) is 0. The number of benzene rings is 3. The van der Waals surface area contributed by atoms with Gasteiger partial charge in [0, 0.05) is 0 Å². The van der Waals surface area contributed by atoms with E-state index in [1.807, 2.05) is 0 Å². The summed E-state index contributed by atoms with van der Waals surface area (Å²) in [6, 6.07) is 21.9. The molecule has 4 heteroatoms. The van der Waals surface area contributed by atoms with Gasteiger partial charge in [-0.2, -0.15) is 0 Å². The Balaban J connectivity index is 1.96. The van der Waals surface area contributed by atoms with E-state index in [0.717, 1.165) is 0 Å². The summed E-state index contributed by atoms with van der Waals surface area (Å²) in [5, 5.41) is 8.06. The van der Waals surface area contributed by atoms with Gasteiger partial charge < -0.3 is 0 Å². The Hall–Kier alpha value is -1.75. The van der Waals surface area contributed by atoms with Crippen LogP contribution < -0.4 is 0 Å². The van der Waals surface area contributed by atoms with E-state index in [1.54, 1.807) is 0 Å². The molecule has 0 unspecified atom stereocenters. The molecule has 194 valence electrons. The van der Waals surface area contributed by atoms with Crippen molar-refractivity contribution >= 4 is 86.0 Å². The summed E-state index contributed by atoms with van der Waals surface area (Å²) in [4.78, 5) is 4.72. The standard InChI is InChI=1S/C34H38Se2Si2/c1-7-37(8-2,9-3)19-15-27-29-21-25-13-17-36-34(25)24-32(29)28(16-20-38(10-4,11-5)12-6)30-22-26-14-18-35-33(26)23-31(27)30/h13-14,17-18,21-24H,7-12H2,1-6H3. The molecule has 2 aromatic heterocycles. The van der Waals surface area contributed by atoms with Gasteiger partial charge in [0.1, 0.15) is 0 Å². The molecule has 0 aliphatic rings. The minimum atomic E-state index is -1.59. The summed E-state index contributed by atoms with van der Waals surface area (Å²) >= 11 is 0.809. The molecule has 0 aliphatic carbocycles. The molecule has 0 bridgehead atoms. The van der Waals surface area contributed by atoms with Gasteiger partial charge in [-0.15, -0.1) is 0 Å². The predicted octanol–water partition coefficient (Wildman–Crippen LogP) is 9.21. The zero-order valence-corrected chi connectivity index (χ0v) is 29.1. The Morgan fingerprint density at radius 3 is 1.21 bits per heavy atom. The second kappa shape index (κ2) is 11.4. The van der Waals surface area contributed by atoms with Crippen LogP contribution in [0, 0.1) is 22.9 Å². The van der Waals surface area contributed by atoms with Crippen LogP contribution in [-0.4, -0.2) is 45.2 Å². The number of rotatable bonds is 6. The van der Waals surface area contributed by atoms with Crippen LogP contribution in [-0.2, 0) is 0 Å². The van der Waals surface area contributed by atoms with Gasteiger partial charge in [0.25, 0.3) is 0 Å². The Morgan fingerprint density at radius 1 is 0.526 bits per heavy atom. The summed E-state index contributed by atoms with van der Waals surface area (Å²) in [7, 11) is -3.17. The molecular weight excluding hydrogens is 622 g/mol. The second-order valence-electron chi connectivity index (χ2n) is 10.6. The summed E-state index contributed by atoms with van der Waals surface area (Å²) in [5.41, 5.74) is 10.4. The summed E-state index contributed by atoms with van der Waals surface area (Å²) < 4.78 is 2.97. The van der Waals surface area contributed by atoms with Crippen molar-refractivity contribution in [3.63, 3.8) is 0 Å². The molecule has 5 aromatic rings. The van der Waals surface area contributed by atoms with Crippen molar-refractivity contribution in [3.05, 3.63) is 57.4 Å². The van der Waals surface area contributed by atoms with Crippen molar-refractivity contribution in [1.29, 1.82) is 0 Å². The van der Waals surface area contributed by atoms with E-state index in [9.17, 15) is 0 Å². The van der Waals surface area contributed by atoms with Gasteiger partial charge in [-0.05, 0) is 0 Å². The fraction of sp³-hybridized carbons (Fsp3) is 0.353. The van der Waals surface area contributed by atoms with Crippen LogP contribution in [0.4, 0.5) is 0 Å². The molecule has 0 nitrogen and oxygen atoms in total. The van der Waals surface area contributed by atoms with Crippen molar-refractivity contribution in [2.24, 2.45) is 0 Å². The molecule has 38 heavy (non-hydrogen) atoms. The molecule has 3 aromatic carbocycles. The van der Waals surface area contributed by atoms with Crippen LogP contribution in [0.25, 0.3) is 40.8 Å². The molecule has 0 spiro atoms. The fourth-order valence-corrected chi connectivity index (χ4v) is 14.1. The van der Waals surface area contributed by atoms with Gasteiger partial charge in [0.2, 0.25) is 0 Å². The third-order valence-corrected chi connectivity index (χ3v) is 22.4. The van der Waals surface area contributed by atoms with E-state index in [0.29, 0.717) is 29.0 Å². The van der Waals surface area contributed by atoms with Crippen LogP contribution in [0.2, 0.25) is 36.3 Å². The van der Waals surface area contributed by atoms with Crippen LogP contribution in [0.5, 0.6) is 0 Å². The van der Waals surface area contributed by atoms with Crippen molar-refractivity contribution in [2.75, 3.05) is 0 Å². The molecule has 0 saturated carbocycles. The first-order valence-corrected chi connectivity index (χ1v) is 23.2. The van der Waals surface area contributed by atoms with Gasteiger partial charge in [0.05, 0.1) is 0 Å². The first-order chi connectivity index (χ1) is 18.5. The van der Waals surface area contributed by atoms with Crippen LogP contribution in [0.3, 0.4) is 0 Å². The van der Waals surface area contributed by atoms with Crippen LogP contribution >= 0.6 is 0 Å². The molecular formula is C34H38Se2Si2. The van der Waals surface area contributed by atoms with Gasteiger partial charge in [0.15, 0.2) is 0 Å². The monoisotopic (exact) mass is 662 g/mol. The number of hydrogen-bond acceptors (Lipinski definition) is 0. The summed E-state index contributed by atoms with van der Waals surface area (Å²) in [6.45, 7) is 14.1. The minimum absolute atomic E-state index is 0.404. The third kappa shape index (κ3) is 4.86. The molecule has 0 fully saturated rings. The van der Waals surface area contributed by atoms with E-state index in [-0.39, 0.29) is 0 Å². The van der Waals surface area contributed by atoms with Crippen molar-refractivity contribution in [2.45, 2.75) is 77.8 Å². The molecule has 0 N–H and O–H groups in total. The predicted molar refractivity (Wildman–Crippen MR) is 178 cm³/mol. The Labute approximate surface area is 242 Å². The topological polar surface area (TPSA) is 0 Å². The van der Waals surface area contributed by atoms with Crippen molar-refractivity contribution in [1.82, 2.24) is 0 Å². The quantitative estimate of drug-likeness (QED) is 0.0968. The Kier molecular flexibility index (Phi) is 8.34. The second-order valence-corrected chi connectivity index (χ2v) is 24.5. The normalized spacial score (nSPS) is 12.2. The first-order valence-electron chi connectivity index (χ1n) is 14.3. The van der Waals surface area contributed by atoms with Crippen molar-refractivity contribution in [3.8, 4) is 22.9 Å². The number of fused-ring (bicyclic) bond motifs is 4. The van der Waals surface area contributed by atoms with Gasteiger partial charge >= 0.3 is 244 Å². The summed E-state index contributed by atoms with van der Waals surface area (Å²) in [6.07, 6.45) is 0. The molecule has 5 rings (SSSR count). The van der Waals surface area contributed by atoms with Crippen molar-refractivity contribution < 1.29 is 0 Å². The molecule has 0 amide bonds. The summed E-state index contributed by atoms with van der Waals surface area (Å²) in [5.74, 6) is 7.76. The van der Waals surface area contributed by atoms with E-state index in [1.165, 1.54) is 88.2 Å². The molecule has 2 heterocycles. The molecule has 0 aliphatic heterocycles. The van der Waals surface area contributed by atoms with Gasteiger partial charge in [-0.3, -0.25) is 0 Å². The first kappa shape index (κ1) is 27.8. The molecule has 0 atom stereocenters. The van der Waals surface area contributed by atoms with Crippen LogP contribution in [0.15, 0.2) is 46.3 Å². The SMILES string of the molecule is CC[Si](C#Cc1c2cc3cc[se]c3cc2c(C#C[Si](CC)(CC)CC)c2cc3cc[se]c3cc12)(CC)CC. The average Bonchev–Trinajstić information content (AvgIpc) is 3.62. The maximum absolute atomic E-state index is 3.96. The zero-order valence-electron chi connectivity index (χ0n) is 23.7. The average molecular weight is 661 g/mol. The maximum atomic E-state index is 3.96. The Morgan fingerprint density at radius 2 is 0.868 bits per heavy atom.